The van der Waals surface area contributed by atoms with E-state index in [1.165, 1.54) is 0 Å². The van der Waals surface area contributed by atoms with E-state index in [4.69, 9.17) is 5.11 Å². The number of rotatable bonds is 5. The lowest BCUT2D eigenvalue weighted by atomic mass is 9.90. The summed E-state index contributed by atoms with van der Waals surface area (Å²) in [6.45, 7) is 4.75. The van der Waals surface area contributed by atoms with Gasteiger partial charge in [0.25, 0.3) is 0 Å². The maximum Gasteiger partial charge on any atom is 0.303 e. The van der Waals surface area contributed by atoms with Gasteiger partial charge < -0.3 is 20.2 Å². The maximum absolute atomic E-state index is 12.8. The van der Waals surface area contributed by atoms with Crippen molar-refractivity contribution in [3.8, 4) is 0 Å². The fourth-order valence-electron chi connectivity index (χ4n) is 4.70. The normalized spacial score (nSPS) is 23.4. The summed E-state index contributed by atoms with van der Waals surface area (Å²) < 4.78 is 0. The molecule has 0 aliphatic carbocycles. The Hall–Kier alpha value is -1.63. The largest absolute Gasteiger partial charge is 0.481 e. The number of hydrogen-bond acceptors (Lipinski definition) is 4. The highest BCUT2D eigenvalue weighted by atomic mass is 16.4. The monoisotopic (exact) mass is 379 g/mol. The van der Waals surface area contributed by atoms with Crippen molar-refractivity contribution in [2.45, 2.75) is 51.4 Å². The van der Waals surface area contributed by atoms with E-state index in [-0.39, 0.29) is 30.1 Å². The zero-order valence-corrected chi connectivity index (χ0v) is 16.2. The lowest BCUT2D eigenvalue weighted by Crippen LogP contribution is -2.47. The maximum atomic E-state index is 12.8. The molecule has 0 atom stereocenters. The molecular weight excluding hydrogens is 346 g/mol. The fraction of sp³-hybridized carbons (Fsp3) is 0.850. The van der Waals surface area contributed by atoms with Crippen molar-refractivity contribution < 1.29 is 19.5 Å². The topological polar surface area (TPSA) is 90.0 Å². The first-order valence-electron chi connectivity index (χ1n) is 10.5. The lowest BCUT2D eigenvalue weighted by Gasteiger charge is -2.37. The molecule has 0 spiro atoms. The number of amides is 2. The molecule has 0 unspecified atom stereocenters. The number of nitrogens with zero attached hydrogens (tertiary/aromatic N) is 2. The van der Waals surface area contributed by atoms with Gasteiger partial charge in [0.05, 0.1) is 0 Å². The third-order valence-corrected chi connectivity index (χ3v) is 6.51. The van der Waals surface area contributed by atoms with Gasteiger partial charge in [-0.25, -0.2) is 0 Å². The van der Waals surface area contributed by atoms with Gasteiger partial charge in [-0.15, -0.1) is 0 Å². The molecule has 152 valence electrons. The van der Waals surface area contributed by atoms with Gasteiger partial charge in [0.2, 0.25) is 11.8 Å². The number of carbonyl (C=O) groups is 3. The Bertz CT molecular complexity index is 531. The van der Waals surface area contributed by atoms with Gasteiger partial charge in [0.15, 0.2) is 0 Å². The van der Waals surface area contributed by atoms with E-state index in [1.54, 1.807) is 0 Å². The molecule has 3 heterocycles. The van der Waals surface area contributed by atoms with Crippen molar-refractivity contribution in [1.29, 1.82) is 0 Å². The van der Waals surface area contributed by atoms with Crippen LogP contribution in [0, 0.1) is 17.8 Å². The summed E-state index contributed by atoms with van der Waals surface area (Å²) >= 11 is 0. The third kappa shape index (κ3) is 5.67. The van der Waals surface area contributed by atoms with Crippen LogP contribution in [-0.4, -0.2) is 72.0 Å². The molecule has 0 aromatic heterocycles. The summed E-state index contributed by atoms with van der Waals surface area (Å²) in [6.07, 6.45) is 6.10. The predicted octanol–water partition coefficient (Wildman–Crippen LogP) is 1.33. The van der Waals surface area contributed by atoms with E-state index in [9.17, 15) is 14.4 Å². The summed E-state index contributed by atoms with van der Waals surface area (Å²) in [5, 5.41) is 12.2. The average Bonchev–Trinajstić information content (AvgIpc) is 2.68. The van der Waals surface area contributed by atoms with E-state index >= 15 is 0 Å². The smallest absolute Gasteiger partial charge is 0.303 e. The minimum atomic E-state index is -0.749. The number of piperidine rings is 3. The molecule has 2 N–H and O–H groups in total. The van der Waals surface area contributed by atoms with Crippen LogP contribution in [0.2, 0.25) is 0 Å². The molecule has 0 bridgehead atoms. The highest BCUT2D eigenvalue weighted by molar-refractivity contribution is 5.80. The summed E-state index contributed by atoms with van der Waals surface area (Å²) in [5.41, 5.74) is 0. The molecule has 3 saturated heterocycles. The Morgan fingerprint density at radius 3 is 1.93 bits per heavy atom. The zero-order chi connectivity index (χ0) is 19.2. The molecule has 2 amide bonds. The second-order valence-corrected chi connectivity index (χ2v) is 8.42. The van der Waals surface area contributed by atoms with Crippen molar-refractivity contribution in [2.75, 3.05) is 39.3 Å². The summed E-state index contributed by atoms with van der Waals surface area (Å²) in [7, 11) is 0. The van der Waals surface area contributed by atoms with Crippen LogP contribution in [0.1, 0.15) is 51.4 Å². The van der Waals surface area contributed by atoms with Crippen LogP contribution in [0.25, 0.3) is 0 Å². The number of carboxylic acids is 1. The molecule has 3 fully saturated rings. The quantitative estimate of drug-likeness (QED) is 0.752. The van der Waals surface area contributed by atoms with Gasteiger partial charge in [0, 0.05) is 44.9 Å². The van der Waals surface area contributed by atoms with E-state index in [2.05, 4.69) is 5.32 Å². The Balaban J connectivity index is 1.39. The van der Waals surface area contributed by atoms with Crippen molar-refractivity contribution in [2.24, 2.45) is 17.8 Å². The van der Waals surface area contributed by atoms with Crippen LogP contribution in [-0.2, 0) is 14.4 Å². The first kappa shape index (κ1) is 20.1. The van der Waals surface area contributed by atoms with E-state index < -0.39 is 5.97 Å². The molecule has 0 saturated carbocycles. The van der Waals surface area contributed by atoms with Crippen LogP contribution < -0.4 is 5.32 Å². The first-order chi connectivity index (χ1) is 13.0. The molecule has 3 aliphatic rings. The number of hydrogen-bond donors (Lipinski definition) is 2. The van der Waals surface area contributed by atoms with Gasteiger partial charge in [-0.1, -0.05) is 0 Å². The Kier molecular flexibility index (Phi) is 7.10. The van der Waals surface area contributed by atoms with Gasteiger partial charge in [-0.05, 0) is 63.5 Å². The second kappa shape index (κ2) is 9.53. The van der Waals surface area contributed by atoms with Crippen molar-refractivity contribution >= 4 is 17.8 Å². The molecule has 27 heavy (non-hydrogen) atoms. The summed E-state index contributed by atoms with van der Waals surface area (Å²) in [4.78, 5) is 40.0. The van der Waals surface area contributed by atoms with Gasteiger partial charge in [-0.3, -0.25) is 14.4 Å². The fourth-order valence-corrected chi connectivity index (χ4v) is 4.70. The molecule has 0 aromatic rings. The lowest BCUT2D eigenvalue weighted by molar-refractivity contribution is -0.143. The zero-order valence-electron chi connectivity index (χ0n) is 16.2. The van der Waals surface area contributed by atoms with E-state index in [0.29, 0.717) is 38.5 Å². The molecule has 0 radical (unpaired) electrons. The minimum Gasteiger partial charge on any atom is -0.481 e. The van der Waals surface area contributed by atoms with E-state index in [1.807, 2.05) is 9.80 Å². The molecule has 0 aromatic carbocycles. The number of aliphatic carboxylic acids is 1. The highest BCUT2D eigenvalue weighted by Crippen LogP contribution is 2.26. The summed E-state index contributed by atoms with van der Waals surface area (Å²) in [6, 6.07) is 0. The van der Waals surface area contributed by atoms with Gasteiger partial charge in [0.1, 0.15) is 0 Å². The van der Waals surface area contributed by atoms with Crippen molar-refractivity contribution in [3.05, 3.63) is 0 Å². The average molecular weight is 380 g/mol. The molecule has 7 heteroatoms. The molecular formula is C20H33N3O4. The number of nitrogens with one attached hydrogen (secondary N) is 1. The van der Waals surface area contributed by atoms with Crippen molar-refractivity contribution in [3.63, 3.8) is 0 Å². The molecule has 3 rings (SSSR count). The number of likely N-dealkylation sites (tertiary alicyclic amines) is 2. The number of carbonyl (C=O) groups excluding carboxylic acids is 2. The predicted molar refractivity (Wildman–Crippen MR) is 101 cm³/mol. The standard InChI is InChI=1S/C20H33N3O4/c24-18(13-15-1-7-21-8-2-15)22-11-5-17(6-12-22)20(27)23-9-3-16(4-10-23)14-19(25)26/h15-17,21H,1-14H2,(H,25,26). The Morgan fingerprint density at radius 1 is 0.778 bits per heavy atom. The Morgan fingerprint density at radius 2 is 1.33 bits per heavy atom. The third-order valence-electron chi connectivity index (χ3n) is 6.51. The van der Waals surface area contributed by atoms with E-state index in [0.717, 1.165) is 51.6 Å². The number of carboxylic acid groups (broad SMARTS) is 1. The van der Waals surface area contributed by atoms with Crippen molar-refractivity contribution in [1.82, 2.24) is 15.1 Å². The van der Waals surface area contributed by atoms with Crippen LogP contribution >= 0.6 is 0 Å². The van der Waals surface area contributed by atoms with Gasteiger partial charge >= 0.3 is 5.97 Å². The summed E-state index contributed by atoms with van der Waals surface area (Å²) in [5.74, 6) is 0.424. The van der Waals surface area contributed by atoms with Crippen LogP contribution in [0.4, 0.5) is 0 Å². The molecule has 7 nitrogen and oxygen atoms in total. The Labute approximate surface area is 161 Å². The molecule has 3 aliphatic heterocycles. The second-order valence-electron chi connectivity index (χ2n) is 8.42. The van der Waals surface area contributed by atoms with Gasteiger partial charge in [-0.2, -0.15) is 0 Å². The highest BCUT2D eigenvalue weighted by Gasteiger charge is 2.32. The SMILES string of the molecule is O=C(O)CC1CCN(C(=O)C2CCN(C(=O)CC3CCNCC3)CC2)CC1. The van der Waals surface area contributed by atoms with Crippen LogP contribution in [0.3, 0.4) is 0 Å². The van der Waals surface area contributed by atoms with Crippen LogP contribution in [0.5, 0.6) is 0 Å². The first-order valence-corrected chi connectivity index (χ1v) is 10.5. The van der Waals surface area contributed by atoms with Crippen LogP contribution in [0.15, 0.2) is 0 Å². The minimum absolute atomic E-state index is 0.0176.